The van der Waals surface area contributed by atoms with E-state index in [1.54, 1.807) is 30.3 Å². The Balaban J connectivity index is 1.94. The van der Waals surface area contributed by atoms with Gasteiger partial charge in [-0.15, -0.1) is 11.3 Å². The van der Waals surface area contributed by atoms with E-state index < -0.39 is 0 Å². The number of benzene rings is 2. The molecule has 0 fully saturated rings. The zero-order valence-electron chi connectivity index (χ0n) is 12.1. The van der Waals surface area contributed by atoms with Gasteiger partial charge in [0.1, 0.15) is 16.9 Å². The maximum absolute atomic E-state index is 13.0. The summed E-state index contributed by atoms with van der Waals surface area (Å²) in [7, 11) is 0. The highest BCUT2D eigenvalue weighted by molar-refractivity contribution is 7.11. The van der Waals surface area contributed by atoms with Gasteiger partial charge in [-0.25, -0.2) is 9.37 Å². The number of thiazole rings is 1. The van der Waals surface area contributed by atoms with E-state index >= 15 is 0 Å². The van der Waals surface area contributed by atoms with E-state index in [0.29, 0.717) is 26.3 Å². The second-order valence-electron chi connectivity index (χ2n) is 4.89. The van der Waals surface area contributed by atoms with Crippen LogP contribution in [-0.4, -0.2) is 4.98 Å². The van der Waals surface area contributed by atoms with Crippen molar-refractivity contribution in [2.75, 3.05) is 0 Å². The van der Waals surface area contributed by atoms with Gasteiger partial charge in [-0.3, -0.25) is 0 Å². The smallest absolute Gasteiger partial charge is 0.134 e. The summed E-state index contributed by atoms with van der Waals surface area (Å²) in [6, 6.07) is 13.3. The van der Waals surface area contributed by atoms with Crippen LogP contribution >= 0.6 is 34.5 Å². The first-order chi connectivity index (χ1) is 11.6. The molecule has 0 unspecified atom stereocenters. The van der Waals surface area contributed by atoms with Crippen LogP contribution in [0.3, 0.4) is 0 Å². The van der Waals surface area contributed by atoms with Crippen LogP contribution in [0, 0.1) is 17.1 Å². The Hall–Kier alpha value is -2.19. The summed E-state index contributed by atoms with van der Waals surface area (Å²) in [6.45, 7) is 0. The van der Waals surface area contributed by atoms with Crippen LogP contribution < -0.4 is 0 Å². The van der Waals surface area contributed by atoms with Crippen LogP contribution in [0.15, 0.2) is 47.8 Å². The molecule has 0 amide bonds. The predicted octanol–water partition coefficient (Wildman–Crippen LogP) is 6.32. The lowest BCUT2D eigenvalue weighted by atomic mass is 10.1. The summed E-state index contributed by atoms with van der Waals surface area (Å²) in [5, 5.41) is 12.8. The van der Waals surface area contributed by atoms with Gasteiger partial charge in [-0.2, -0.15) is 5.26 Å². The van der Waals surface area contributed by atoms with Gasteiger partial charge < -0.3 is 0 Å². The maximum Gasteiger partial charge on any atom is 0.134 e. The molecule has 0 radical (unpaired) electrons. The molecule has 0 saturated carbocycles. The molecule has 0 aliphatic heterocycles. The molecule has 0 saturated heterocycles. The molecule has 0 aliphatic rings. The van der Waals surface area contributed by atoms with Gasteiger partial charge >= 0.3 is 0 Å². The number of aromatic nitrogens is 1. The highest BCUT2D eigenvalue weighted by atomic mass is 35.5. The van der Waals surface area contributed by atoms with Crippen molar-refractivity contribution in [3.8, 4) is 17.3 Å². The Kier molecular flexibility index (Phi) is 4.96. The van der Waals surface area contributed by atoms with Gasteiger partial charge in [-0.05, 0) is 35.9 Å². The van der Waals surface area contributed by atoms with E-state index in [-0.39, 0.29) is 5.82 Å². The van der Waals surface area contributed by atoms with Gasteiger partial charge in [0, 0.05) is 10.9 Å². The number of nitrogens with zero attached hydrogens (tertiary/aromatic N) is 2. The van der Waals surface area contributed by atoms with E-state index in [1.807, 2.05) is 11.4 Å². The number of hydrogen-bond donors (Lipinski definition) is 0. The molecule has 1 heterocycles. The first kappa shape index (κ1) is 16.7. The molecule has 0 atom stereocenters. The molecular formula is C18H9Cl2FN2S. The second-order valence-corrected chi connectivity index (χ2v) is 6.56. The molecule has 118 valence electrons. The van der Waals surface area contributed by atoms with Gasteiger partial charge in [0.25, 0.3) is 0 Å². The lowest BCUT2D eigenvalue weighted by Crippen LogP contribution is -1.83. The average Bonchev–Trinajstić information content (AvgIpc) is 3.06. The number of allylic oxidation sites excluding steroid dienone is 1. The monoisotopic (exact) mass is 374 g/mol. The van der Waals surface area contributed by atoms with Crippen molar-refractivity contribution in [1.82, 2.24) is 4.98 Å². The van der Waals surface area contributed by atoms with E-state index in [2.05, 4.69) is 11.1 Å². The Morgan fingerprint density at radius 3 is 2.54 bits per heavy atom. The van der Waals surface area contributed by atoms with Crippen LogP contribution in [0.1, 0.15) is 10.6 Å². The van der Waals surface area contributed by atoms with E-state index in [0.717, 1.165) is 11.1 Å². The fraction of sp³-hybridized carbons (Fsp3) is 0. The minimum absolute atomic E-state index is 0.318. The number of halogens is 3. The third-order valence-corrected chi connectivity index (χ3v) is 4.87. The van der Waals surface area contributed by atoms with Crippen molar-refractivity contribution in [2.45, 2.75) is 0 Å². The largest absolute Gasteiger partial charge is 0.235 e. The topological polar surface area (TPSA) is 36.7 Å². The molecule has 3 aromatic rings. The summed E-state index contributed by atoms with van der Waals surface area (Å²) in [4.78, 5) is 4.49. The van der Waals surface area contributed by atoms with Crippen molar-refractivity contribution in [1.29, 1.82) is 5.26 Å². The van der Waals surface area contributed by atoms with E-state index in [9.17, 15) is 9.65 Å². The highest BCUT2D eigenvalue weighted by Crippen LogP contribution is 2.31. The van der Waals surface area contributed by atoms with Gasteiger partial charge in [0.15, 0.2) is 0 Å². The molecule has 0 aliphatic carbocycles. The first-order valence-electron chi connectivity index (χ1n) is 6.85. The fourth-order valence-electron chi connectivity index (χ4n) is 2.05. The van der Waals surface area contributed by atoms with Crippen LogP contribution in [0.4, 0.5) is 4.39 Å². The highest BCUT2D eigenvalue weighted by Gasteiger charge is 2.10. The van der Waals surface area contributed by atoms with Crippen molar-refractivity contribution in [3.63, 3.8) is 0 Å². The molecule has 2 nitrogen and oxygen atoms in total. The van der Waals surface area contributed by atoms with E-state index in [4.69, 9.17) is 23.2 Å². The molecule has 24 heavy (non-hydrogen) atoms. The van der Waals surface area contributed by atoms with E-state index in [1.165, 1.54) is 23.5 Å². The lowest BCUT2D eigenvalue weighted by molar-refractivity contribution is 0.628. The summed E-state index contributed by atoms with van der Waals surface area (Å²) in [5.41, 5.74) is 2.69. The molecule has 0 N–H and O–H groups in total. The number of nitriles is 1. The van der Waals surface area contributed by atoms with Gasteiger partial charge in [0.2, 0.25) is 0 Å². The second kappa shape index (κ2) is 7.14. The lowest BCUT2D eigenvalue weighted by Gasteiger charge is -1.99. The van der Waals surface area contributed by atoms with Crippen LogP contribution in [0.2, 0.25) is 10.0 Å². The summed E-state index contributed by atoms with van der Waals surface area (Å²) in [6.07, 6.45) is 1.68. The molecule has 1 aromatic heterocycles. The zero-order valence-corrected chi connectivity index (χ0v) is 14.5. The SMILES string of the molecule is N#C/C(=C\c1ccc(F)cc1)c1nc(-c2ccc(Cl)c(Cl)c2)cs1. The van der Waals surface area contributed by atoms with Crippen molar-refractivity contribution < 1.29 is 4.39 Å². The Labute approximate surface area is 152 Å². The Bertz CT molecular complexity index is 956. The summed E-state index contributed by atoms with van der Waals surface area (Å²) in [5.74, 6) is -0.318. The summed E-state index contributed by atoms with van der Waals surface area (Å²) >= 11 is 13.3. The first-order valence-corrected chi connectivity index (χ1v) is 8.49. The minimum Gasteiger partial charge on any atom is -0.235 e. The average molecular weight is 375 g/mol. The molecular weight excluding hydrogens is 366 g/mol. The van der Waals surface area contributed by atoms with Gasteiger partial charge in [-0.1, -0.05) is 41.4 Å². The maximum atomic E-state index is 13.0. The normalized spacial score (nSPS) is 11.3. The third-order valence-electron chi connectivity index (χ3n) is 3.25. The van der Waals surface area contributed by atoms with Crippen LogP contribution in [0.5, 0.6) is 0 Å². The number of hydrogen-bond acceptors (Lipinski definition) is 3. The Morgan fingerprint density at radius 1 is 1.12 bits per heavy atom. The minimum atomic E-state index is -0.318. The van der Waals surface area contributed by atoms with Crippen molar-refractivity contribution >= 4 is 46.2 Å². The predicted molar refractivity (Wildman–Crippen MR) is 97.5 cm³/mol. The number of rotatable bonds is 3. The van der Waals surface area contributed by atoms with Gasteiger partial charge in [0.05, 0.1) is 21.3 Å². The van der Waals surface area contributed by atoms with Crippen molar-refractivity contribution in [3.05, 3.63) is 74.3 Å². The van der Waals surface area contributed by atoms with Crippen molar-refractivity contribution in [2.24, 2.45) is 0 Å². The third kappa shape index (κ3) is 3.65. The molecule has 0 bridgehead atoms. The molecule has 6 heteroatoms. The molecule has 3 rings (SSSR count). The summed E-state index contributed by atoms with van der Waals surface area (Å²) < 4.78 is 13.0. The van der Waals surface area contributed by atoms with Crippen LogP contribution in [-0.2, 0) is 0 Å². The quantitative estimate of drug-likeness (QED) is 0.502. The fourth-order valence-corrected chi connectivity index (χ4v) is 3.15. The van der Waals surface area contributed by atoms with Crippen LogP contribution in [0.25, 0.3) is 22.9 Å². The molecule has 2 aromatic carbocycles. The zero-order chi connectivity index (χ0) is 17.1. The Morgan fingerprint density at radius 2 is 1.88 bits per heavy atom. The standard InChI is InChI=1S/C18H9Cl2FN2S/c19-15-6-3-12(8-16(15)20)17-10-24-18(23-17)13(9-22)7-11-1-4-14(21)5-2-11/h1-8,10H/b13-7+. The molecule has 0 spiro atoms.